The van der Waals surface area contributed by atoms with Crippen LogP contribution in [0.5, 0.6) is 0 Å². The lowest BCUT2D eigenvalue weighted by atomic mass is 10.0. The van der Waals surface area contributed by atoms with Crippen molar-refractivity contribution in [3.05, 3.63) is 53.6 Å². The maximum absolute atomic E-state index is 6.25. The van der Waals surface area contributed by atoms with Crippen molar-refractivity contribution in [2.24, 2.45) is 5.73 Å². The van der Waals surface area contributed by atoms with Crippen LogP contribution in [-0.2, 0) is 13.0 Å². The second kappa shape index (κ2) is 5.15. The molecule has 2 rings (SSSR count). The average Bonchev–Trinajstić information content (AvgIpc) is 2.86. The second-order valence-electron chi connectivity index (χ2n) is 4.14. The van der Waals surface area contributed by atoms with Crippen LogP contribution in [0.15, 0.2) is 36.7 Å². The maximum Gasteiger partial charge on any atom is 0.130 e. The molecule has 0 spiro atoms. The van der Waals surface area contributed by atoms with Crippen molar-refractivity contribution in [3.8, 4) is 0 Å². The molecule has 0 fully saturated rings. The zero-order valence-electron chi connectivity index (χ0n) is 10.4. The molecule has 3 heteroatoms. The van der Waals surface area contributed by atoms with E-state index in [1.165, 1.54) is 5.56 Å². The summed E-state index contributed by atoms with van der Waals surface area (Å²) in [7, 11) is 0. The van der Waals surface area contributed by atoms with E-state index in [1.54, 1.807) is 6.20 Å². The minimum absolute atomic E-state index is 0.143. The molecule has 0 aliphatic heterocycles. The summed E-state index contributed by atoms with van der Waals surface area (Å²) >= 11 is 0. The van der Waals surface area contributed by atoms with Crippen LogP contribution in [0.25, 0.3) is 0 Å². The van der Waals surface area contributed by atoms with Crippen molar-refractivity contribution >= 4 is 0 Å². The molecule has 2 aromatic rings. The Labute approximate surface area is 102 Å². The fourth-order valence-corrected chi connectivity index (χ4v) is 1.98. The molecule has 1 aromatic carbocycles. The summed E-state index contributed by atoms with van der Waals surface area (Å²) in [5.41, 5.74) is 8.69. The van der Waals surface area contributed by atoms with Gasteiger partial charge in [-0.3, -0.25) is 0 Å². The molecular formula is C14H19N3. The summed E-state index contributed by atoms with van der Waals surface area (Å²) in [5, 5.41) is 0. The van der Waals surface area contributed by atoms with Crippen molar-refractivity contribution in [2.45, 2.75) is 32.9 Å². The molecule has 1 unspecified atom stereocenters. The second-order valence-corrected chi connectivity index (χ2v) is 4.14. The van der Waals surface area contributed by atoms with E-state index in [1.807, 2.05) is 6.20 Å². The third kappa shape index (κ3) is 2.39. The number of benzene rings is 1. The van der Waals surface area contributed by atoms with Gasteiger partial charge in [0.05, 0.1) is 6.04 Å². The predicted octanol–water partition coefficient (Wildman–Crippen LogP) is 2.51. The lowest BCUT2D eigenvalue weighted by Crippen LogP contribution is -2.17. The number of imidazole rings is 1. The Morgan fingerprint density at radius 1 is 1.24 bits per heavy atom. The van der Waals surface area contributed by atoms with E-state index in [4.69, 9.17) is 5.73 Å². The molecule has 0 saturated heterocycles. The molecule has 0 bridgehead atoms. The third-order valence-electron chi connectivity index (χ3n) is 3.11. The topological polar surface area (TPSA) is 43.8 Å². The van der Waals surface area contributed by atoms with Crippen LogP contribution in [0.1, 0.15) is 36.8 Å². The molecule has 0 aliphatic rings. The smallest absolute Gasteiger partial charge is 0.130 e. The fourth-order valence-electron chi connectivity index (χ4n) is 1.98. The Bertz CT molecular complexity index is 470. The van der Waals surface area contributed by atoms with Gasteiger partial charge in [0.1, 0.15) is 5.82 Å². The van der Waals surface area contributed by atoms with Gasteiger partial charge in [-0.05, 0) is 24.5 Å². The summed E-state index contributed by atoms with van der Waals surface area (Å²) in [6, 6.07) is 8.31. The number of aryl methyl sites for hydroxylation is 2. The van der Waals surface area contributed by atoms with E-state index in [2.05, 4.69) is 47.7 Å². The molecule has 2 N–H and O–H groups in total. The van der Waals surface area contributed by atoms with Crippen molar-refractivity contribution < 1.29 is 0 Å². The zero-order chi connectivity index (χ0) is 12.3. The Morgan fingerprint density at radius 3 is 2.53 bits per heavy atom. The fraction of sp³-hybridized carbons (Fsp3) is 0.357. The van der Waals surface area contributed by atoms with E-state index in [-0.39, 0.29) is 6.04 Å². The monoisotopic (exact) mass is 229 g/mol. The Morgan fingerprint density at radius 2 is 1.94 bits per heavy atom. The molecule has 0 saturated carbocycles. The molecule has 0 amide bonds. The van der Waals surface area contributed by atoms with E-state index in [0.717, 1.165) is 24.4 Å². The van der Waals surface area contributed by atoms with E-state index < -0.39 is 0 Å². The van der Waals surface area contributed by atoms with Crippen molar-refractivity contribution in [3.63, 3.8) is 0 Å². The van der Waals surface area contributed by atoms with Gasteiger partial charge in [0.25, 0.3) is 0 Å². The Hall–Kier alpha value is -1.61. The molecule has 0 radical (unpaired) electrons. The highest BCUT2D eigenvalue weighted by Crippen LogP contribution is 2.18. The number of hydrogen-bond donors (Lipinski definition) is 1. The van der Waals surface area contributed by atoms with E-state index in [9.17, 15) is 0 Å². The maximum atomic E-state index is 6.25. The highest BCUT2D eigenvalue weighted by Gasteiger charge is 2.13. The van der Waals surface area contributed by atoms with Gasteiger partial charge < -0.3 is 10.3 Å². The minimum Gasteiger partial charge on any atom is -0.334 e. The van der Waals surface area contributed by atoms with Crippen molar-refractivity contribution in [2.75, 3.05) is 0 Å². The van der Waals surface area contributed by atoms with Crippen LogP contribution in [0.4, 0.5) is 0 Å². The van der Waals surface area contributed by atoms with Crippen LogP contribution in [0.3, 0.4) is 0 Å². The summed E-state index contributed by atoms with van der Waals surface area (Å²) in [6.07, 6.45) is 4.83. The van der Waals surface area contributed by atoms with Gasteiger partial charge in [-0.2, -0.15) is 0 Å². The third-order valence-corrected chi connectivity index (χ3v) is 3.11. The summed E-state index contributed by atoms with van der Waals surface area (Å²) in [5.74, 6) is 0.928. The molecule has 90 valence electrons. The summed E-state index contributed by atoms with van der Waals surface area (Å²) < 4.78 is 2.08. The average molecular weight is 229 g/mol. The molecule has 0 aliphatic carbocycles. The molecule has 3 nitrogen and oxygen atoms in total. The molecule has 1 aromatic heterocycles. The zero-order valence-corrected chi connectivity index (χ0v) is 10.4. The number of nitrogens with two attached hydrogens (primary N) is 1. The normalized spacial score (nSPS) is 12.6. The first-order valence-corrected chi connectivity index (χ1v) is 6.11. The first kappa shape index (κ1) is 11.9. The van der Waals surface area contributed by atoms with Gasteiger partial charge in [0.2, 0.25) is 0 Å². The van der Waals surface area contributed by atoms with Crippen LogP contribution in [0, 0.1) is 0 Å². The lowest BCUT2D eigenvalue weighted by Gasteiger charge is -2.13. The quantitative estimate of drug-likeness (QED) is 0.875. The number of nitrogens with zero attached hydrogens (tertiary/aromatic N) is 2. The van der Waals surface area contributed by atoms with Crippen LogP contribution in [0.2, 0.25) is 0 Å². The summed E-state index contributed by atoms with van der Waals surface area (Å²) in [6.45, 7) is 5.15. The molecule has 1 atom stereocenters. The largest absolute Gasteiger partial charge is 0.334 e. The van der Waals surface area contributed by atoms with Gasteiger partial charge in [-0.1, -0.05) is 31.2 Å². The minimum atomic E-state index is -0.143. The summed E-state index contributed by atoms with van der Waals surface area (Å²) in [4.78, 5) is 4.34. The Kier molecular flexibility index (Phi) is 3.59. The predicted molar refractivity (Wildman–Crippen MR) is 69.8 cm³/mol. The van der Waals surface area contributed by atoms with Gasteiger partial charge in [-0.15, -0.1) is 0 Å². The van der Waals surface area contributed by atoms with Crippen LogP contribution >= 0.6 is 0 Å². The van der Waals surface area contributed by atoms with Gasteiger partial charge in [0.15, 0.2) is 0 Å². The lowest BCUT2D eigenvalue weighted by molar-refractivity contribution is 0.656. The number of aromatic nitrogens is 2. The van der Waals surface area contributed by atoms with Crippen molar-refractivity contribution in [1.82, 2.24) is 9.55 Å². The first-order chi connectivity index (χ1) is 8.26. The number of hydrogen-bond acceptors (Lipinski definition) is 2. The Balaban J connectivity index is 2.27. The SMILES string of the molecule is CCc1ccc(C(N)c2nccn2CC)cc1. The van der Waals surface area contributed by atoms with Gasteiger partial charge in [0, 0.05) is 18.9 Å². The molecular weight excluding hydrogens is 210 g/mol. The van der Waals surface area contributed by atoms with E-state index >= 15 is 0 Å². The molecule has 1 heterocycles. The molecule has 17 heavy (non-hydrogen) atoms. The first-order valence-electron chi connectivity index (χ1n) is 6.11. The van der Waals surface area contributed by atoms with E-state index in [0.29, 0.717) is 0 Å². The standard InChI is InChI=1S/C14H19N3/c1-3-11-5-7-12(8-6-11)13(15)14-16-9-10-17(14)4-2/h5-10,13H,3-4,15H2,1-2H3. The van der Waals surface area contributed by atoms with Gasteiger partial charge in [-0.25, -0.2) is 4.98 Å². The van der Waals surface area contributed by atoms with Crippen LogP contribution in [-0.4, -0.2) is 9.55 Å². The van der Waals surface area contributed by atoms with Gasteiger partial charge >= 0.3 is 0 Å². The highest BCUT2D eigenvalue weighted by molar-refractivity contribution is 5.28. The van der Waals surface area contributed by atoms with Crippen LogP contribution < -0.4 is 5.73 Å². The highest BCUT2D eigenvalue weighted by atomic mass is 15.1. The number of rotatable bonds is 4. The van der Waals surface area contributed by atoms with Crippen molar-refractivity contribution in [1.29, 1.82) is 0 Å².